The number of hydrogen-bond acceptors (Lipinski definition) is 2. The number of amides is 1. The predicted molar refractivity (Wildman–Crippen MR) is 126 cm³/mol. The summed E-state index contributed by atoms with van der Waals surface area (Å²) in [6.45, 7) is 0.458. The molecule has 1 aliphatic heterocycles. The smallest absolute Gasteiger partial charge is 0.273 e. The number of carbonyl (C=O) groups excluding carboxylic acids is 1. The van der Waals surface area contributed by atoms with Gasteiger partial charge in [0.2, 0.25) is 0 Å². The molecule has 4 nitrogen and oxygen atoms in total. The van der Waals surface area contributed by atoms with Crippen molar-refractivity contribution in [1.29, 1.82) is 0 Å². The fraction of sp³-hybridized carbons (Fsp3) is 0.0833. The van der Waals surface area contributed by atoms with E-state index in [0.717, 1.165) is 32.4 Å². The van der Waals surface area contributed by atoms with Crippen LogP contribution >= 0.6 is 39.1 Å². The highest BCUT2D eigenvalue weighted by Crippen LogP contribution is 2.43. The van der Waals surface area contributed by atoms with Gasteiger partial charge in [-0.05, 0) is 47.5 Å². The lowest BCUT2D eigenvalue weighted by Crippen LogP contribution is -2.29. The minimum absolute atomic E-state index is 0.0782. The third kappa shape index (κ3) is 3.78. The van der Waals surface area contributed by atoms with Gasteiger partial charge in [-0.1, -0.05) is 75.5 Å². The zero-order valence-corrected chi connectivity index (χ0v) is 19.2. The van der Waals surface area contributed by atoms with E-state index in [0.29, 0.717) is 22.3 Å². The number of H-pyrrole nitrogens is 1. The first-order chi connectivity index (χ1) is 15.0. The van der Waals surface area contributed by atoms with Crippen LogP contribution in [0.5, 0.6) is 0 Å². The van der Waals surface area contributed by atoms with Gasteiger partial charge in [0.25, 0.3) is 5.91 Å². The Balaban J connectivity index is 1.63. The molecule has 1 amide bonds. The number of rotatable bonds is 4. The molecule has 154 valence electrons. The van der Waals surface area contributed by atoms with Gasteiger partial charge < -0.3 is 4.90 Å². The molecular formula is C24H16BrCl2N3O. The molecule has 0 saturated heterocycles. The summed E-state index contributed by atoms with van der Waals surface area (Å²) in [6.07, 6.45) is 0. The summed E-state index contributed by atoms with van der Waals surface area (Å²) in [6, 6.07) is 22.8. The fourth-order valence-electron chi connectivity index (χ4n) is 3.97. The Morgan fingerprint density at radius 2 is 1.52 bits per heavy atom. The standard InChI is InChI=1S/C24H16BrCl2N3O/c25-17-7-3-16(4-8-17)23-20-21(15-5-11-19(27)12-6-15)28-29-22(20)24(31)30(23)13-14-1-9-18(26)10-2-14/h1-12,23H,13H2,(H,28,29). The van der Waals surface area contributed by atoms with Crippen LogP contribution < -0.4 is 0 Å². The largest absolute Gasteiger partial charge is 0.322 e. The van der Waals surface area contributed by atoms with Crippen LogP contribution in [0.3, 0.4) is 0 Å². The number of halogens is 3. The third-order valence-corrected chi connectivity index (χ3v) is 6.47. The second-order valence-electron chi connectivity index (χ2n) is 7.38. The number of carbonyl (C=O) groups is 1. The van der Waals surface area contributed by atoms with E-state index < -0.39 is 0 Å². The summed E-state index contributed by atoms with van der Waals surface area (Å²) >= 11 is 15.6. The van der Waals surface area contributed by atoms with Gasteiger partial charge >= 0.3 is 0 Å². The van der Waals surface area contributed by atoms with Gasteiger partial charge in [-0.3, -0.25) is 9.89 Å². The molecule has 0 spiro atoms. The molecule has 5 rings (SSSR count). The van der Waals surface area contributed by atoms with Gasteiger partial charge in [-0.2, -0.15) is 5.10 Å². The molecule has 1 N–H and O–H groups in total. The molecule has 4 aromatic rings. The summed E-state index contributed by atoms with van der Waals surface area (Å²) in [5.74, 6) is -0.0782. The normalized spacial score (nSPS) is 15.4. The lowest BCUT2D eigenvalue weighted by molar-refractivity contribution is 0.0730. The number of aromatic amines is 1. The Hall–Kier alpha value is -2.60. The topological polar surface area (TPSA) is 49.0 Å². The van der Waals surface area contributed by atoms with Gasteiger partial charge in [-0.15, -0.1) is 0 Å². The Morgan fingerprint density at radius 3 is 2.16 bits per heavy atom. The summed E-state index contributed by atoms with van der Waals surface area (Å²) < 4.78 is 0.982. The van der Waals surface area contributed by atoms with E-state index in [1.807, 2.05) is 77.7 Å². The highest BCUT2D eigenvalue weighted by molar-refractivity contribution is 9.10. The van der Waals surface area contributed by atoms with Gasteiger partial charge in [-0.25, -0.2) is 0 Å². The van der Waals surface area contributed by atoms with Crippen molar-refractivity contribution in [2.75, 3.05) is 0 Å². The monoisotopic (exact) mass is 511 g/mol. The number of hydrogen-bond donors (Lipinski definition) is 1. The van der Waals surface area contributed by atoms with Gasteiger partial charge in [0.1, 0.15) is 5.69 Å². The van der Waals surface area contributed by atoms with Crippen LogP contribution in [-0.4, -0.2) is 21.0 Å². The Morgan fingerprint density at radius 1 is 0.903 bits per heavy atom. The van der Waals surface area contributed by atoms with Crippen LogP contribution in [0, 0.1) is 0 Å². The van der Waals surface area contributed by atoms with E-state index in [4.69, 9.17) is 23.2 Å². The molecular weight excluding hydrogens is 497 g/mol. The fourth-order valence-corrected chi connectivity index (χ4v) is 4.48. The van der Waals surface area contributed by atoms with Gasteiger partial charge in [0.05, 0.1) is 11.7 Å². The van der Waals surface area contributed by atoms with Crippen LogP contribution in [0.1, 0.15) is 33.2 Å². The van der Waals surface area contributed by atoms with Crippen molar-refractivity contribution in [3.05, 3.63) is 110 Å². The number of nitrogens with one attached hydrogen (secondary N) is 1. The van der Waals surface area contributed by atoms with Crippen LogP contribution in [-0.2, 0) is 6.54 Å². The molecule has 1 aromatic heterocycles. The molecule has 3 aromatic carbocycles. The van der Waals surface area contributed by atoms with Crippen molar-refractivity contribution in [3.8, 4) is 11.3 Å². The molecule has 2 heterocycles. The molecule has 31 heavy (non-hydrogen) atoms. The number of nitrogens with zero attached hydrogens (tertiary/aromatic N) is 2. The quantitative estimate of drug-likeness (QED) is 0.323. The Labute approximate surface area is 197 Å². The second-order valence-corrected chi connectivity index (χ2v) is 9.17. The van der Waals surface area contributed by atoms with Gasteiger partial charge in [0.15, 0.2) is 0 Å². The highest BCUT2D eigenvalue weighted by atomic mass is 79.9. The average Bonchev–Trinajstić information content (AvgIpc) is 3.31. The Bertz CT molecular complexity index is 1250. The lowest BCUT2D eigenvalue weighted by atomic mass is 9.96. The maximum Gasteiger partial charge on any atom is 0.273 e. The summed E-state index contributed by atoms with van der Waals surface area (Å²) in [5, 5.41) is 8.79. The molecule has 0 fully saturated rings. The molecule has 0 radical (unpaired) electrons. The minimum Gasteiger partial charge on any atom is -0.322 e. The maximum absolute atomic E-state index is 13.4. The van der Waals surface area contributed by atoms with E-state index in [1.54, 1.807) is 0 Å². The first-order valence-corrected chi connectivity index (χ1v) is 11.2. The van der Waals surface area contributed by atoms with Crippen molar-refractivity contribution in [2.45, 2.75) is 12.6 Å². The Kier molecular flexibility index (Phi) is 5.34. The molecule has 0 aliphatic carbocycles. The SMILES string of the molecule is O=C1c2[nH]nc(-c3ccc(Cl)cc3)c2C(c2ccc(Br)cc2)N1Cc1ccc(Cl)cc1. The van der Waals surface area contributed by atoms with E-state index in [9.17, 15) is 4.79 Å². The maximum atomic E-state index is 13.4. The highest BCUT2D eigenvalue weighted by Gasteiger charge is 2.42. The van der Waals surface area contributed by atoms with E-state index >= 15 is 0 Å². The predicted octanol–water partition coefficient (Wildman–Crippen LogP) is 6.89. The number of fused-ring (bicyclic) bond motifs is 1. The average molecular weight is 513 g/mol. The van der Waals surface area contributed by atoms with Crippen LogP contribution in [0.25, 0.3) is 11.3 Å². The van der Waals surface area contributed by atoms with Crippen molar-refractivity contribution in [3.63, 3.8) is 0 Å². The van der Waals surface area contributed by atoms with Crippen molar-refractivity contribution in [1.82, 2.24) is 15.1 Å². The van der Waals surface area contributed by atoms with Crippen molar-refractivity contribution in [2.24, 2.45) is 0 Å². The third-order valence-electron chi connectivity index (χ3n) is 5.43. The summed E-state index contributed by atoms with van der Waals surface area (Å²) in [5.41, 5.74) is 5.08. The molecule has 1 aliphatic rings. The molecule has 1 unspecified atom stereocenters. The van der Waals surface area contributed by atoms with Crippen molar-refractivity contribution >= 4 is 45.0 Å². The van der Waals surface area contributed by atoms with E-state index in [2.05, 4.69) is 26.1 Å². The van der Waals surface area contributed by atoms with Crippen LogP contribution in [0.4, 0.5) is 0 Å². The zero-order chi connectivity index (χ0) is 21.5. The van der Waals surface area contributed by atoms with E-state index in [1.165, 1.54) is 0 Å². The molecule has 0 bridgehead atoms. The summed E-state index contributed by atoms with van der Waals surface area (Å²) in [4.78, 5) is 15.3. The van der Waals surface area contributed by atoms with Crippen LogP contribution in [0.2, 0.25) is 10.0 Å². The zero-order valence-electron chi connectivity index (χ0n) is 16.1. The number of aromatic nitrogens is 2. The second kappa shape index (κ2) is 8.15. The minimum atomic E-state index is -0.268. The molecule has 0 saturated carbocycles. The van der Waals surface area contributed by atoms with Crippen molar-refractivity contribution < 1.29 is 4.79 Å². The first-order valence-electron chi connectivity index (χ1n) is 9.66. The molecule has 1 atom stereocenters. The first kappa shape index (κ1) is 20.3. The van der Waals surface area contributed by atoms with E-state index in [-0.39, 0.29) is 11.9 Å². The number of benzene rings is 3. The van der Waals surface area contributed by atoms with Crippen LogP contribution in [0.15, 0.2) is 77.3 Å². The lowest BCUT2D eigenvalue weighted by Gasteiger charge is -2.26. The molecule has 7 heteroatoms. The summed E-state index contributed by atoms with van der Waals surface area (Å²) in [7, 11) is 0. The van der Waals surface area contributed by atoms with Gasteiger partial charge in [0, 0.05) is 32.2 Å².